The van der Waals surface area contributed by atoms with Gasteiger partial charge in [0.15, 0.2) is 17.3 Å². The summed E-state index contributed by atoms with van der Waals surface area (Å²) in [5.41, 5.74) is 0.216. The van der Waals surface area contributed by atoms with Gasteiger partial charge < -0.3 is 9.47 Å². The number of benzene rings is 2. The molecule has 0 N–H and O–H groups in total. The molecule has 0 spiro atoms. The normalized spacial score (nSPS) is 10.2. The van der Waals surface area contributed by atoms with E-state index < -0.39 is 11.6 Å². The average molecular weight is 295 g/mol. The molecule has 0 aliphatic rings. The molecule has 0 saturated carbocycles. The van der Waals surface area contributed by atoms with Crippen molar-refractivity contribution in [2.45, 2.75) is 0 Å². The molecule has 0 aromatic heterocycles. The minimum Gasteiger partial charge on any atom is -0.493 e. The van der Waals surface area contributed by atoms with Crippen LogP contribution in [0, 0.1) is 5.82 Å². The highest BCUT2D eigenvalue weighted by Gasteiger charge is 2.16. The quantitative estimate of drug-likeness (QED) is 0.806. The lowest BCUT2D eigenvalue weighted by Crippen LogP contribution is -2.05. The summed E-state index contributed by atoms with van der Waals surface area (Å²) in [5, 5.41) is 0.301. The first-order valence-electron chi connectivity index (χ1n) is 5.78. The molecule has 0 atom stereocenters. The minimum atomic E-state index is -0.616. The van der Waals surface area contributed by atoms with Crippen LogP contribution in [0.2, 0.25) is 5.02 Å². The third-order valence-electron chi connectivity index (χ3n) is 2.82. The Balaban J connectivity index is 2.45. The van der Waals surface area contributed by atoms with E-state index in [0.29, 0.717) is 22.1 Å². The number of rotatable bonds is 4. The van der Waals surface area contributed by atoms with Gasteiger partial charge in [0.1, 0.15) is 5.82 Å². The molecule has 0 saturated heterocycles. The average Bonchev–Trinajstić information content (AvgIpc) is 2.48. The van der Waals surface area contributed by atoms with Gasteiger partial charge in [0.05, 0.1) is 19.8 Å². The van der Waals surface area contributed by atoms with Crippen LogP contribution in [-0.2, 0) is 0 Å². The summed E-state index contributed by atoms with van der Waals surface area (Å²) in [5.74, 6) is -0.184. The number of halogens is 2. The fraction of sp³-hybridized carbons (Fsp3) is 0.133. The molecule has 0 radical (unpaired) electrons. The zero-order valence-electron chi connectivity index (χ0n) is 10.9. The number of hydrogen-bond donors (Lipinski definition) is 0. The first-order chi connectivity index (χ1) is 9.56. The number of ether oxygens (including phenoxy) is 2. The molecular formula is C15H12ClFO3. The van der Waals surface area contributed by atoms with Crippen LogP contribution in [0.15, 0.2) is 36.4 Å². The van der Waals surface area contributed by atoms with Crippen molar-refractivity contribution in [1.82, 2.24) is 0 Å². The highest BCUT2D eigenvalue weighted by Crippen LogP contribution is 2.29. The van der Waals surface area contributed by atoms with E-state index in [1.165, 1.54) is 32.4 Å². The first kappa shape index (κ1) is 14.3. The summed E-state index contributed by atoms with van der Waals surface area (Å²) < 4.78 is 23.9. The van der Waals surface area contributed by atoms with Gasteiger partial charge in [-0.25, -0.2) is 4.39 Å². The summed E-state index contributed by atoms with van der Waals surface area (Å²) >= 11 is 5.79. The van der Waals surface area contributed by atoms with E-state index in [-0.39, 0.29) is 5.56 Å². The summed E-state index contributed by atoms with van der Waals surface area (Å²) in [7, 11) is 2.96. The fourth-order valence-electron chi connectivity index (χ4n) is 1.80. The number of ketones is 1. The highest BCUT2D eigenvalue weighted by atomic mass is 35.5. The number of methoxy groups -OCH3 is 2. The van der Waals surface area contributed by atoms with Gasteiger partial charge in [0, 0.05) is 10.6 Å². The predicted molar refractivity (Wildman–Crippen MR) is 74.4 cm³/mol. The van der Waals surface area contributed by atoms with Gasteiger partial charge in [-0.2, -0.15) is 0 Å². The zero-order chi connectivity index (χ0) is 14.7. The van der Waals surface area contributed by atoms with Crippen molar-refractivity contribution < 1.29 is 18.7 Å². The molecule has 0 amide bonds. The second-order valence-electron chi connectivity index (χ2n) is 4.02. The Morgan fingerprint density at radius 2 is 1.75 bits per heavy atom. The van der Waals surface area contributed by atoms with Gasteiger partial charge in [-0.15, -0.1) is 0 Å². The van der Waals surface area contributed by atoms with Crippen LogP contribution in [0.1, 0.15) is 15.9 Å². The molecular weight excluding hydrogens is 283 g/mol. The van der Waals surface area contributed by atoms with Crippen LogP contribution >= 0.6 is 11.6 Å². The van der Waals surface area contributed by atoms with Crippen LogP contribution < -0.4 is 9.47 Å². The van der Waals surface area contributed by atoms with Crippen molar-refractivity contribution in [1.29, 1.82) is 0 Å². The fourth-order valence-corrected chi connectivity index (χ4v) is 1.98. The molecule has 104 valence electrons. The lowest BCUT2D eigenvalue weighted by Gasteiger charge is -2.09. The maximum absolute atomic E-state index is 13.7. The second kappa shape index (κ2) is 5.92. The standard InChI is InChI=1S/C15H12ClFO3/c1-19-13-6-3-9(7-14(13)20-2)15(18)11-8-10(16)4-5-12(11)17/h3-8H,1-2H3. The Hall–Kier alpha value is -2.07. The Morgan fingerprint density at radius 3 is 2.40 bits per heavy atom. The molecule has 0 heterocycles. The molecule has 2 aromatic carbocycles. The molecule has 0 fully saturated rings. The first-order valence-corrected chi connectivity index (χ1v) is 6.16. The van der Waals surface area contributed by atoms with Gasteiger partial charge in [-0.3, -0.25) is 4.79 Å². The van der Waals surface area contributed by atoms with Crippen molar-refractivity contribution in [2.75, 3.05) is 14.2 Å². The zero-order valence-corrected chi connectivity index (χ0v) is 11.7. The van der Waals surface area contributed by atoms with E-state index in [1.54, 1.807) is 12.1 Å². The van der Waals surface area contributed by atoms with Gasteiger partial charge in [0.25, 0.3) is 0 Å². The molecule has 2 rings (SSSR count). The Bertz CT molecular complexity index is 656. The van der Waals surface area contributed by atoms with E-state index >= 15 is 0 Å². The lowest BCUT2D eigenvalue weighted by atomic mass is 10.0. The smallest absolute Gasteiger partial charge is 0.196 e. The predicted octanol–water partition coefficient (Wildman–Crippen LogP) is 3.73. The van der Waals surface area contributed by atoms with Crippen LogP contribution in [-0.4, -0.2) is 20.0 Å². The van der Waals surface area contributed by atoms with Gasteiger partial charge in [0.2, 0.25) is 0 Å². The molecule has 0 unspecified atom stereocenters. The number of carbonyl (C=O) groups is 1. The molecule has 3 nitrogen and oxygen atoms in total. The van der Waals surface area contributed by atoms with Crippen molar-refractivity contribution >= 4 is 17.4 Å². The second-order valence-corrected chi connectivity index (χ2v) is 4.46. The van der Waals surface area contributed by atoms with Gasteiger partial charge in [-0.05, 0) is 36.4 Å². The van der Waals surface area contributed by atoms with E-state index in [0.717, 1.165) is 6.07 Å². The van der Waals surface area contributed by atoms with Crippen LogP contribution in [0.3, 0.4) is 0 Å². The van der Waals surface area contributed by atoms with E-state index in [4.69, 9.17) is 21.1 Å². The van der Waals surface area contributed by atoms with Crippen molar-refractivity contribution in [3.63, 3.8) is 0 Å². The molecule has 2 aromatic rings. The van der Waals surface area contributed by atoms with E-state index in [1.807, 2.05) is 0 Å². The third-order valence-corrected chi connectivity index (χ3v) is 3.05. The molecule has 0 aliphatic carbocycles. The Morgan fingerprint density at radius 1 is 1.05 bits per heavy atom. The summed E-state index contributed by atoms with van der Waals surface area (Å²) in [6, 6.07) is 8.49. The third kappa shape index (κ3) is 2.75. The summed E-state index contributed by atoms with van der Waals surface area (Å²) in [6.45, 7) is 0. The molecule has 20 heavy (non-hydrogen) atoms. The maximum atomic E-state index is 13.7. The van der Waals surface area contributed by atoms with Crippen molar-refractivity contribution in [3.05, 3.63) is 58.4 Å². The van der Waals surface area contributed by atoms with Crippen molar-refractivity contribution in [2.24, 2.45) is 0 Å². The highest BCUT2D eigenvalue weighted by molar-refractivity contribution is 6.31. The molecule has 0 aliphatic heterocycles. The van der Waals surface area contributed by atoms with Crippen LogP contribution in [0.25, 0.3) is 0 Å². The lowest BCUT2D eigenvalue weighted by molar-refractivity contribution is 0.103. The van der Waals surface area contributed by atoms with E-state index in [9.17, 15) is 9.18 Å². The Labute approximate surface area is 120 Å². The minimum absolute atomic E-state index is 0.0790. The summed E-state index contributed by atoms with van der Waals surface area (Å²) in [6.07, 6.45) is 0. The largest absolute Gasteiger partial charge is 0.493 e. The SMILES string of the molecule is COc1ccc(C(=O)c2cc(Cl)ccc2F)cc1OC. The monoisotopic (exact) mass is 294 g/mol. The van der Waals surface area contributed by atoms with Gasteiger partial charge >= 0.3 is 0 Å². The topological polar surface area (TPSA) is 35.5 Å². The summed E-state index contributed by atoms with van der Waals surface area (Å²) in [4.78, 5) is 12.3. The molecule has 5 heteroatoms. The maximum Gasteiger partial charge on any atom is 0.196 e. The molecule has 0 bridgehead atoms. The van der Waals surface area contributed by atoms with Crippen LogP contribution in [0.5, 0.6) is 11.5 Å². The number of carbonyl (C=O) groups excluding carboxylic acids is 1. The van der Waals surface area contributed by atoms with E-state index in [2.05, 4.69) is 0 Å². The van der Waals surface area contributed by atoms with Gasteiger partial charge in [-0.1, -0.05) is 11.6 Å². The van der Waals surface area contributed by atoms with Crippen molar-refractivity contribution in [3.8, 4) is 11.5 Å². The van der Waals surface area contributed by atoms with Crippen LogP contribution in [0.4, 0.5) is 4.39 Å². The Kier molecular flexibility index (Phi) is 4.25. The number of hydrogen-bond acceptors (Lipinski definition) is 3.